The van der Waals surface area contributed by atoms with Crippen LogP contribution in [0.3, 0.4) is 0 Å². The average molecular weight is 528 g/mol. The molecule has 0 radical (unpaired) electrons. The van der Waals surface area contributed by atoms with Crippen molar-refractivity contribution in [2.24, 2.45) is 5.92 Å². The molecule has 0 amide bonds. The van der Waals surface area contributed by atoms with Crippen molar-refractivity contribution in [3.8, 4) is 11.8 Å². The quantitative estimate of drug-likeness (QED) is 0.355. The summed E-state index contributed by atoms with van der Waals surface area (Å²) < 4.78 is 68.4. The Kier molecular flexibility index (Phi) is 6.76. The summed E-state index contributed by atoms with van der Waals surface area (Å²) in [6, 6.07) is 2.76. The van der Waals surface area contributed by atoms with Crippen molar-refractivity contribution in [2.75, 3.05) is 11.9 Å². The van der Waals surface area contributed by atoms with E-state index in [1.165, 1.54) is 29.2 Å². The third kappa shape index (κ3) is 5.24. The molecule has 3 aromatic heterocycles. The van der Waals surface area contributed by atoms with Gasteiger partial charge < -0.3 is 29.7 Å². The maximum absolute atomic E-state index is 13.3. The van der Waals surface area contributed by atoms with Crippen LogP contribution < -0.4 is 14.8 Å². The van der Waals surface area contributed by atoms with Crippen LogP contribution in [0, 0.1) is 5.92 Å². The molecule has 5 rings (SSSR count). The first-order valence-electron chi connectivity index (χ1n) is 11.5. The number of ether oxygens (including phenoxy) is 3. The average Bonchev–Trinajstić information content (AvgIpc) is 3.32. The molecular formula is C22H24F4N6O5. The fourth-order valence-electron chi connectivity index (χ4n) is 4.37. The molecule has 3 aromatic rings. The predicted molar refractivity (Wildman–Crippen MR) is 118 cm³/mol. The van der Waals surface area contributed by atoms with Crippen LogP contribution in [0.2, 0.25) is 0 Å². The molecule has 4 heterocycles. The van der Waals surface area contributed by atoms with Crippen LogP contribution in [0.15, 0.2) is 24.7 Å². The molecule has 0 bridgehead atoms. The summed E-state index contributed by atoms with van der Waals surface area (Å²) in [6.07, 6.45) is -2.19. The van der Waals surface area contributed by atoms with Gasteiger partial charge in [0.1, 0.15) is 25.1 Å². The Hall–Kier alpha value is -3.30. The van der Waals surface area contributed by atoms with E-state index in [1.807, 2.05) is 0 Å². The van der Waals surface area contributed by atoms with Gasteiger partial charge in [0.2, 0.25) is 23.6 Å². The topological polar surface area (TPSA) is 137 Å². The van der Waals surface area contributed by atoms with E-state index in [9.17, 15) is 27.8 Å². The highest BCUT2D eigenvalue weighted by atomic mass is 19.3. The van der Waals surface area contributed by atoms with Crippen molar-refractivity contribution in [3.05, 3.63) is 30.2 Å². The summed E-state index contributed by atoms with van der Waals surface area (Å²) in [7, 11) is 0. The fourth-order valence-corrected chi connectivity index (χ4v) is 4.37. The molecule has 0 unspecified atom stereocenters. The molecule has 4 atom stereocenters. The molecule has 2 fully saturated rings. The van der Waals surface area contributed by atoms with E-state index in [4.69, 9.17) is 9.47 Å². The number of pyridine rings is 1. The Morgan fingerprint density at radius 3 is 2.59 bits per heavy atom. The number of hydrogen-bond donors (Lipinski definition) is 3. The van der Waals surface area contributed by atoms with Crippen molar-refractivity contribution in [1.82, 2.24) is 24.5 Å². The van der Waals surface area contributed by atoms with Crippen LogP contribution in [-0.2, 0) is 11.3 Å². The second-order valence-corrected chi connectivity index (χ2v) is 9.05. The minimum atomic E-state index is -2.99. The number of alkyl halides is 4. The highest BCUT2D eigenvalue weighted by Gasteiger charge is 2.46. The number of aromatic nitrogens is 5. The number of nitrogens with one attached hydrogen (secondary N) is 1. The van der Waals surface area contributed by atoms with Crippen molar-refractivity contribution in [2.45, 2.75) is 63.4 Å². The smallest absolute Gasteiger partial charge is 0.388 e. The number of hydrogen-bond acceptors (Lipinski definition) is 10. The maximum Gasteiger partial charge on any atom is 0.388 e. The lowest BCUT2D eigenvalue weighted by atomic mass is 9.81. The Labute approximate surface area is 207 Å². The monoisotopic (exact) mass is 528 g/mol. The first kappa shape index (κ1) is 25.4. The molecule has 15 heteroatoms. The van der Waals surface area contributed by atoms with Gasteiger partial charge in [-0.25, -0.2) is 23.7 Å². The Balaban J connectivity index is 1.40. The number of anilines is 1. The van der Waals surface area contributed by atoms with Crippen LogP contribution in [-0.4, -0.2) is 72.1 Å². The first-order valence-corrected chi connectivity index (χ1v) is 11.5. The standard InChI is InChI=1S/C22H24F4N6O5/c1-10-15(33)16(34)19(36-10)32-17-14(31-21(32)28-7-12-4-22(25,26)5-12)18(30-9-29-17)35-8-11-2-3-13(27-6-11)37-20(23)24/h2-3,6,9-10,12,15-16,19-20,33-34H,4-5,7-8H2,1H3,(H,28,31)/t10-,15-,16-,19-/m1/s1. The minimum absolute atomic E-state index is 0.0425. The molecule has 37 heavy (non-hydrogen) atoms. The van der Waals surface area contributed by atoms with Gasteiger partial charge in [-0.2, -0.15) is 13.8 Å². The molecule has 11 nitrogen and oxygen atoms in total. The largest absolute Gasteiger partial charge is 0.471 e. The number of imidazole rings is 1. The Morgan fingerprint density at radius 2 is 1.97 bits per heavy atom. The third-order valence-electron chi connectivity index (χ3n) is 6.28. The summed E-state index contributed by atoms with van der Waals surface area (Å²) in [5.74, 6) is -2.95. The second-order valence-electron chi connectivity index (χ2n) is 9.05. The minimum Gasteiger partial charge on any atom is -0.471 e. The highest BCUT2D eigenvalue weighted by molar-refractivity contribution is 5.79. The summed E-state index contributed by atoms with van der Waals surface area (Å²) in [5, 5.41) is 23.9. The number of aliphatic hydroxyl groups excluding tert-OH is 2. The van der Waals surface area contributed by atoms with E-state index in [0.717, 1.165) is 0 Å². The van der Waals surface area contributed by atoms with Crippen LogP contribution in [0.1, 0.15) is 31.6 Å². The molecule has 1 saturated heterocycles. The van der Waals surface area contributed by atoms with Crippen molar-refractivity contribution in [3.63, 3.8) is 0 Å². The fraction of sp³-hybridized carbons (Fsp3) is 0.545. The summed E-state index contributed by atoms with van der Waals surface area (Å²) in [4.78, 5) is 16.6. The lowest BCUT2D eigenvalue weighted by Crippen LogP contribution is -2.39. The molecule has 2 aliphatic rings. The molecule has 1 aliphatic carbocycles. The Bertz CT molecular complexity index is 1240. The van der Waals surface area contributed by atoms with E-state index in [1.54, 1.807) is 6.92 Å². The van der Waals surface area contributed by atoms with Gasteiger partial charge in [-0.1, -0.05) is 0 Å². The summed E-state index contributed by atoms with van der Waals surface area (Å²) in [6.45, 7) is -1.23. The number of halogens is 4. The highest BCUT2D eigenvalue weighted by Crippen LogP contribution is 2.43. The zero-order chi connectivity index (χ0) is 26.3. The van der Waals surface area contributed by atoms with Crippen molar-refractivity contribution < 1.29 is 42.0 Å². The number of fused-ring (bicyclic) bond motifs is 1. The van der Waals surface area contributed by atoms with Crippen LogP contribution in [0.5, 0.6) is 11.8 Å². The maximum atomic E-state index is 13.3. The van der Waals surface area contributed by atoms with Gasteiger partial charge in [-0.05, 0) is 18.9 Å². The van der Waals surface area contributed by atoms with E-state index in [2.05, 4.69) is 30.0 Å². The number of nitrogens with zero attached hydrogens (tertiary/aromatic N) is 5. The molecule has 200 valence electrons. The molecule has 0 spiro atoms. The van der Waals surface area contributed by atoms with Gasteiger partial charge in [-0.15, -0.1) is 0 Å². The molecule has 0 aromatic carbocycles. The zero-order valence-electron chi connectivity index (χ0n) is 19.5. The van der Waals surface area contributed by atoms with E-state index >= 15 is 0 Å². The molecule has 3 N–H and O–H groups in total. The van der Waals surface area contributed by atoms with Crippen LogP contribution in [0.25, 0.3) is 11.2 Å². The lowest BCUT2D eigenvalue weighted by molar-refractivity contribution is -0.106. The van der Waals surface area contributed by atoms with Crippen LogP contribution in [0.4, 0.5) is 23.5 Å². The summed E-state index contributed by atoms with van der Waals surface area (Å²) in [5.41, 5.74) is 0.943. The number of rotatable bonds is 9. The van der Waals surface area contributed by atoms with Gasteiger partial charge in [0.25, 0.3) is 0 Å². The second kappa shape index (κ2) is 9.87. The van der Waals surface area contributed by atoms with Gasteiger partial charge in [-0.3, -0.25) is 4.57 Å². The molecule has 1 aliphatic heterocycles. The van der Waals surface area contributed by atoms with Crippen molar-refractivity contribution in [1.29, 1.82) is 0 Å². The zero-order valence-corrected chi connectivity index (χ0v) is 19.5. The van der Waals surface area contributed by atoms with E-state index in [0.29, 0.717) is 5.56 Å². The normalized spacial score (nSPS) is 25.4. The number of aliphatic hydroxyl groups is 2. The van der Waals surface area contributed by atoms with Gasteiger partial charge in [0.15, 0.2) is 17.4 Å². The SMILES string of the molecule is C[C@H]1O[C@@H](n2c(NCC3CC(F)(F)C3)nc3c(OCc4ccc(OC(F)F)nc4)ncnc32)[C@H](O)[C@@H]1O. The van der Waals surface area contributed by atoms with E-state index in [-0.39, 0.29) is 60.8 Å². The van der Waals surface area contributed by atoms with E-state index < -0.39 is 37.1 Å². The van der Waals surface area contributed by atoms with Gasteiger partial charge in [0, 0.05) is 37.2 Å². The van der Waals surface area contributed by atoms with Gasteiger partial charge in [0.05, 0.1) is 6.10 Å². The summed E-state index contributed by atoms with van der Waals surface area (Å²) >= 11 is 0. The molecule has 1 saturated carbocycles. The van der Waals surface area contributed by atoms with Gasteiger partial charge >= 0.3 is 6.61 Å². The predicted octanol–water partition coefficient (Wildman–Crippen LogP) is 2.50. The molecular weight excluding hydrogens is 504 g/mol. The van der Waals surface area contributed by atoms with Crippen molar-refractivity contribution >= 4 is 17.1 Å². The van der Waals surface area contributed by atoms with Crippen LogP contribution >= 0.6 is 0 Å². The third-order valence-corrected chi connectivity index (χ3v) is 6.28. The lowest BCUT2D eigenvalue weighted by Gasteiger charge is -2.35. The Morgan fingerprint density at radius 1 is 1.19 bits per heavy atom. The first-order chi connectivity index (χ1) is 17.6.